The maximum absolute atomic E-state index is 13.4. The van der Waals surface area contributed by atoms with E-state index < -0.39 is 11.6 Å². The number of imidazole rings is 1. The first kappa shape index (κ1) is 14.2. The average Bonchev–Trinajstić information content (AvgIpc) is 2.95. The summed E-state index contributed by atoms with van der Waals surface area (Å²) in [6.45, 7) is 2.51. The number of nitrogens with zero attached hydrogens (tertiary/aromatic N) is 4. The molecule has 7 heteroatoms. The van der Waals surface area contributed by atoms with Gasteiger partial charge in [0.05, 0.1) is 39.8 Å². The van der Waals surface area contributed by atoms with Crippen molar-refractivity contribution in [3.8, 4) is 0 Å². The molecule has 0 spiro atoms. The fraction of sp³-hybridized carbons (Fsp3) is 0.286. The predicted molar refractivity (Wildman–Crippen MR) is 79.0 cm³/mol. The Labute approximate surface area is 128 Å². The minimum Gasteiger partial charge on any atom is -0.324 e. The van der Waals surface area contributed by atoms with E-state index in [4.69, 9.17) is 0 Å². The first-order chi connectivity index (χ1) is 10.0. The van der Waals surface area contributed by atoms with Crippen LogP contribution in [0.25, 0.3) is 11.0 Å². The molecule has 0 aliphatic rings. The van der Waals surface area contributed by atoms with Crippen molar-refractivity contribution in [3.05, 3.63) is 46.0 Å². The standard InChI is InChI=1S/C14H13BrF2N4/c1-3-10-14(15)13(20(2)19-10)6-21-7-18-11-4-8(16)9(17)5-12(11)21/h4-5,7H,3,6H2,1-2H3. The lowest BCUT2D eigenvalue weighted by molar-refractivity contribution is 0.510. The molecule has 3 aromatic rings. The van der Waals surface area contributed by atoms with Crippen LogP contribution in [0, 0.1) is 11.6 Å². The Kier molecular flexibility index (Phi) is 3.52. The maximum atomic E-state index is 13.4. The maximum Gasteiger partial charge on any atom is 0.161 e. The number of aryl methyl sites for hydroxylation is 2. The van der Waals surface area contributed by atoms with Gasteiger partial charge in [-0.3, -0.25) is 4.68 Å². The summed E-state index contributed by atoms with van der Waals surface area (Å²) < 4.78 is 31.1. The van der Waals surface area contributed by atoms with Gasteiger partial charge in [-0.1, -0.05) is 6.92 Å². The van der Waals surface area contributed by atoms with Crippen LogP contribution in [0.3, 0.4) is 0 Å². The Hall–Kier alpha value is -1.76. The van der Waals surface area contributed by atoms with E-state index in [0.29, 0.717) is 17.6 Å². The van der Waals surface area contributed by atoms with E-state index in [9.17, 15) is 8.78 Å². The lowest BCUT2D eigenvalue weighted by atomic mass is 10.2. The monoisotopic (exact) mass is 354 g/mol. The quantitative estimate of drug-likeness (QED) is 0.722. The van der Waals surface area contributed by atoms with Crippen LogP contribution in [0.5, 0.6) is 0 Å². The summed E-state index contributed by atoms with van der Waals surface area (Å²) in [5.74, 6) is -1.76. The van der Waals surface area contributed by atoms with Gasteiger partial charge in [-0.05, 0) is 22.4 Å². The Morgan fingerprint density at radius 1 is 1.24 bits per heavy atom. The molecule has 3 rings (SSSR count). The van der Waals surface area contributed by atoms with E-state index in [-0.39, 0.29) is 0 Å². The molecule has 2 heterocycles. The van der Waals surface area contributed by atoms with Crippen LogP contribution >= 0.6 is 15.9 Å². The predicted octanol–water partition coefficient (Wildman–Crippen LogP) is 3.42. The summed E-state index contributed by atoms with van der Waals surface area (Å²) in [6, 6.07) is 2.28. The highest BCUT2D eigenvalue weighted by Gasteiger charge is 2.15. The van der Waals surface area contributed by atoms with Gasteiger partial charge in [0.2, 0.25) is 0 Å². The second-order valence-corrected chi connectivity index (χ2v) is 5.61. The molecule has 0 N–H and O–H groups in total. The Morgan fingerprint density at radius 3 is 2.62 bits per heavy atom. The van der Waals surface area contributed by atoms with Gasteiger partial charge >= 0.3 is 0 Å². The molecular formula is C14H13BrF2N4. The third-order valence-corrected chi connectivity index (χ3v) is 4.40. The summed E-state index contributed by atoms with van der Waals surface area (Å²) in [7, 11) is 1.86. The van der Waals surface area contributed by atoms with Crippen LogP contribution in [0.15, 0.2) is 22.9 Å². The Morgan fingerprint density at radius 2 is 1.95 bits per heavy atom. The molecule has 0 aliphatic heterocycles. The third-order valence-electron chi connectivity index (χ3n) is 3.49. The minimum atomic E-state index is -0.886. The van der Waals surface area contributed by atoms with E-state index in [1.807, 2.05) is 14.0 Å². The van der Waals surface area contributed by atoms with Gasteiger partial charge in [0.15, 0.2) is 11.6 Å². The first-order valence-corrected chi connectivity index (χ1v) is 7.30. The molecule has 0 bridgehead atoms. The number of hydrogen-bond acceptors (Lipinski definition) is 2. The number of fused-ring (bicyclic) bond motifs is 1. The molecule has 0 fully saturated rings. The molecule has 0 saturated heterocycles. The highest BCUT2D eigenvalue weighted by atomic mass is 79.9. The van der Waals surface area contributed by atoms with Gasteiger partial charge in [-0.15, -0.1) is 0 Å². The number of rotatable bonds is 3. The molecule has 110 valence electrons. The summed E-state index contributed by atoms with van der Waals surface area (Å²) in [5.41, 5.74) is 2.91. The lowest BCUT2D eigenvalue weighted by Crippen LogP contribution is -2.05. The van der Waals surface area contributed by atoms with Gasteiger partial charge in [-0.25, -0.2) is 13.8 Å². The molecule has 0 aliphatic carbocycles. The smallest absolute Gasteiger partial charge is 0.161 e. The number of benzene rings is 1. The number of hydrogen-bond donors (Lipinski definition) is 0. The average molecular weight is 355 g/mol. The van der Waals surface area contributed by atoms with Crippen molar-refractivity contribution < 1.29 is 8.78 Å². The SMILES string of the molecule is CCc1nn(C)c(Cn2cnc3cc(F)c(F)cc32)c1Br. The van der Waals surface area contributed by atoms with Gasteiger partial charge in [0, 0.05) is 19.2 Å². The van der Waals surface area contributed by atoms with Crippen molar-refractivity contribution in [2.75, 3.05) is 0 Å². The van der Waals surface area contributed by atoms with Crippen LogP contribution in [-0.2, 0) is 20.0 Å². The van der Waals surface area contributed by atoms with E-state index in [0.717, 1.165) is 28.3 Å². The zero-order valence-electron chi connectivity index (χ0n) is 11.6. The molecule has 0 radical (unpaired) electrons. The topological polar surface area (TPSA) is 35.6 Å². The Balaban J connectivity index is 2.06. The summed E-state index contributed by atoms with van der Waals surface area (Å²) in [6.07, 6.45) is 2.40. The van der Waals surface area contributed by atoms with Crippen molar-refractivity contribution in [2.45, 2.75) is 19.9 Å². The normalized spacial score (nSPS) is 11.5. The highest BCUT2D eigenvalue weighted by molar-refractivity contribution is 9.10. The lowest BCUT2D eigenvalue weighted by Gasteiger charge is -2.06. The van der Waals surface area contributed by atoms with Crippen LogP contribution in [-0.4, -0.2) is 19.3 Å². The van der Waals surface area contributed by atoms with Crippen molar-refractivity contribution in [2.24, 2.45) is 7.05 Å². The first-order valence-electron chi connectivity index (χ1n) is 6.51. The van der Waals surface area contributed by atoms with Crippen molar-refractivity contribution in [3.63, 3.8) is 0 Å². The molecular weight excluding hydrogens is 342 g/mol. The number of halogens is 3. The second kappa shape index (κ2) is 5.22. The molecule has 1 aromatic carbocycles. The van der Waals surface area contributed by atoms with Crippen LogP contribution in [0.2, 0.25) is 0 Å². The van der Waals surface area contributed by atoms with Crippen LogP contribution < -0.4 is 0 Å². The van der Waals surface area contributed by atoms with E-state index in [2.05, 4.69) is 26.0 Å². The molecule has 2 aromatic heterocycles. The molecule has 0 unspecified atom stereocenters. The zero-order chi connectivity index (χ0) is 15.1. The fourth-order valence-electron chi connectivity index (χ4n) is 2.33. The molecule has 21 heavy (non-hydrogen) atoms. The molecule has 0 saturated carbocycles. The van der Waals surface area contributed by atoms with Crippen molar-refractivity contribution in [1.29, 1.82) is 0 Å². The van der Waals surface area contributed by atoms with Crippen LogP contribution in [0.4, 0.5) is 8.78 Å². The highest BCUT2D eigenvalue weighted by Crippen LogP contribution is 2.24. The van der Waals surface area contributed by atoms with Gasteiger partial charge < -0.3 is 4.57 Å². The van der Waals surface area contributed by atoms with Gasteiger partial charge in [-0.2, -0.15) is 5.10 Å². The van der Waals surface area contributed by atoms with Crippen molar-refractivity contribution >= 4 is 27.0 Å². The van der Waals surface area contributed by atoms with Crippen LogP contribution in [0.1, 0.15) is 18.3 Å². The Bertz CT molecular complexity index is 822. The molecule has 4 nitrogen and oxygen atoms in total. The summed E-state index contributed by atoms with van der Waals surface area (Å²) in [5, 5.41) is 4.42. The largest absolute Gasteiger partial charge is 0.324 e. The van der Waals surface area contributed by atoms with E-state index in [1.165, 1.54) is 6.07 Å². The summed E-state index contributed by atoms with van der Waals surface area (Å²) >= 11 is 3.55. The van der Waals surface area contributed by atoms with Crippen molar-refractivity contribution in [1.82, 2.24) is 19.3 Å². The third kappa shape index (κ3) is 2.35. The number of aromatic nitrogens is 4. The van der Waals surface area contributed by atoms with E-state index >= 15 is 0 Å². The summed E-state index contributed by atoms with van der Waals surface area (Å²) in [4.78, 5) is 4.11. The minimum absolute atomic E-state index is 0.433. The molecule has 0 amide bonds. The fourth-order valence-corrected chi connectivity index (χ4v) is 3.07. The molecule has 0 atom stereocenters. The zero-order valence-corrected chi connectivity index (χ0v) is 13.2. The van der Waals surface area contributed by atoms with Gasteiger partial charge in [0.25, 0.3) is 0 Å². The second-order valence-electron chi connectivity index (χ2n) is 4.81. The van der Waals surface area contributed by atoms with E-state index in [1.54, 1.807) is 15.6 Å². The van der Waals surface area contributed by atoms with Gasteiger partial charge in [0.1, 0.15) is 0 Å².